The van der Waals surface area contributed by atoms with Crippen LogP contribution in [-0.2, 0) is 6.42 Å². The molecule has 1 rings (SSSR count). The Bertz CT molecular complexity index is 312. The van der Waals surface area contributed by atoms with Crippen LogP contribution in [-0.4, -0.2) is 27.3 Å². The molecule has 1 N–H and O–H groups in total. The second-order valence-electron chi connectivity index (χ2n) is 3.58. The molecule has 0 aliphatic heterocycles. The van der Waals surface area contributed by atoms with Crippen molar-refractivity contribution in [1.82, 2.24) is 5.32 Å². The molecule has 0 aliphatic rings. The van der Waals surface area contributed by atoms with Crippen LogP contribution in [0.3, 0.4) is 0 Å². The van der Waals surface area contributed by atoms with Crippen LogP contribution in [0.15, 0.2) is 18.2 Å². The fourth-order valence-corrected chi connectivity index (χ4v) is 1.46. The highest BCUT2D eigenvalue weighted by atomic mass is 16.5. The van der Waals surface area contributed by atoms with E-state index in [9.17, 15) is 0 Å². The van der Waals surface area contributed by atoms with E-state index < -0.39 is 0 Å². The Balaban J connectivity index is 2.83. The lowest BCUT2D eigenvalue weighted by atomic mass is 10.1. The van der Waals surface area contributed by atoms with Crippen LogP contribution in [0.2, 0.25) is 0 Å². The van der Waals surface area contributed by atoms with Gasteiger partial charge in [0.2, 0.25) is 0 Å². The molecule has 1 aromatic rings. The second kappa shape index (κ2) is 5.61. The highest BCUT2D eigenvalue weighted by molar-refractivity contribution is 5.43. The molecular formula is C12H19NO2. The molecule has 0 fully saturated rings. The van der Waals surface area contributed by atoms with Crippen molar-refractivity contribution in [3.8, 4) is 11.5 Å². The lowest BCUT2D eigenvalue weighted by Crippen LogP contribution is -2.23. The number of nitrogens with one attached hydrogen (secondary N) is 1. The molecule has 3 heteroatoms. The first kappa shape index (κ1) is 11.9. The average molecular weight is 209 g/mol. The fraction of sp³-hybridized carbons (Fsp3) is 0.500. The van der Waals surface area contributed by atoms with Crippen molar-refractivity contribution in [2.45, 2.75) is 19.4 Å². The highest BCUT2D eigenvalue weighted by Gasteiger charge is 2.06. The topological polar surface area (TPSA) is 30.5 Å². The molecule has 84 valence electrons. The number of hydrogen-bond donors (Lipinski definition) is 1. The Labute approximate surface area is 91.4 Å². The summed E-state index contributed by atoms with van der Waals surface area (Å²) < 4.78 is 10.4. The quantitative estimate of drug-likeness (QED) is 0.803. The van der Waals surface area contributed by atoms with Crippen LogP contribution in [0.1, 0.15) is 12.5 Å². The van der Waals surface area contributed by atoms with Crippen molar-refractivity contribution in [3.05, 3.63) is 23.8 Å². The van der Waals surface area contributed by atoms with Gasteiger partial charge in [0.25, 0.3) is 0 Å². The zero-order valence-corrected chi connectivity index (χ0v) is 9.83. The van der Waals surface area contributed by atoms with Crippen molar-refractivity contribution >= 4 is 0 Å². The van der Waals surface area contributed by atoms with Gasteiger partial charge in [-0.3, -0.25) is 0 Å². The van der Waals surface area contributed by atoms with Crippen molar-refractivity contribution < 1.29 is 9.47 Å². The van der Waals surface area contributed by atoms with Crippen molar-refractivity contribution in [1.29, 1.82) is 0 Å². The smallest absolute Gasteiger partial charge is 0.160 e. The van der Waals surface area contributed by atoms with Gasteiger partial charge in [0.05, 0.1) is 14.2 Å². The van der Waals surface area contributed by atoms with Gasteiger partial charge in [-0.25, -0.2) is 0 Å². The summed E-state index contributed by atoms with van der Waals surface area (Å²) in [5, 5.41) is 3.21. The minimum absolute atomic E-state index is 0.461. The zero-order chi connectivity index (χ0) is 11.3. The molecule has 0 saturated heterocycles. The van der Waals surface area contributed by atoms with Gasteiger partial charge in [-0.1, -0.05) is 6.07 Å². The maximum atomic E-state index is 5.25. The summed E-state index contributed by atoms with van der Waals surface area (Å²) in [5.41, 5.74) is 1.24. The van der Waals surface area contributed by atoms with Gasteiger partial charge in [-0.15, -0.1) is 0 Å². The Morgan fingerprint density at radius 3 is 2.40 bits per heavy atom. The fourth-order valence-electron chi connectivity index (χ4n) is 1.46. The van der Waals surface area contributed by atoms with E-state index in [0.29, 0.717) is 6.04 Å². The molecule has 1 atom stereocenters. The van der Waals surface area contributed by atoms with E-state index in [1.807, 2.05) is 19.2 Å². The first-order valence-electron chi connectivity index (χ1n) is 5.09. The molecule has 1 aromatic carbocycles. The van der Waals surface area contributed by atoms with Crippen LogP contribution in [0, 0.1) is 0 Å². The Morgan fingerprint density at radius 2 is 1.87 bits per heavy atom. The molecule has 3 nitrogen and oxygen atoms in total. The Hall–Kier alpha value is -1.22. The van der Waals surface area contributed by atoms with Crippen molar-refractivity contribution in [2.75, 3.05) is 21.3 Å². The van der Waals surface area contributed by atoms with E-state index in [1.54, 1.807) is 14.2 Å². The van der Waals surface area contributed by atoms with Crippen LogP contribution in [0.25, 0.3) is 0 Å². The first-order chi connectivity index (χ1) is 7.21. The van der Waals surface area contributed by atoms with E-state index in [4.69, 9.17) is 9.47 Å². The molecule has 0 amide bonds. The van der Waals surface area contributed by atoms with Gasteiger partial charge in [0, 0.05) is 6.04 Å². The molecule has 0 spiro atoms. The van der Waals surface area contributed by atoms with E-state index in [-0.39, 0.29) is 0 Å². The lowest BCUT2D eigenvalue weighted by molar-refractivity contribution is 0.354. The predicted molar refractivity (Wildman–Crippen MR) is 61.8 cm³/mol. The molecular weight excluding hydrogens is 190 g/mol. The number of rotatable bonds is 5. The van der Waals surface area contributed by atoms with E-state index in [0.717, 1.165) is 17.9 Å². The molecule has 15 heavy (non-hydrogen) atoms. The maximum absolute atomic E-state index is 5.25. The van der Waals surface area contributed by atoms with Crippen molar-refractivity contribution in [2.24, 2.45) is 0 Å². The Kier molecular flexibility index (Phi) is 4.43. The molecule has 0 saturated carbocycles. The molecule has 0 heterocycles. The van der Waals surface area contributed by atoms with Gasteiger partial charge in [-0.05, 0) is 38.1 Å². The standard InChI is InChI=1S/C12H19NO2/c1-9(13-2)7-10-5-6-11(14-3)12(8-10)15-4/h5-6,8-9,13H,7H2,1-4H3/t9-/m1/s1. The molecule has 0 bridgehead atoms. The predicted octanol–water partition coefficient (Wildman–Crippen LogP) is 1.85. The highest BCUT2D eigenvalue weighted by Crippen LogP contribution is 2.27. The summed E-state index contributed by atoms with van der Waals surface area (Å²) in [6.45, 7) is 2.15. The molecule has 0 radical (unpaired) electrons. The minimum Gasteiger partial charge on any atom is -0.493 e. The third kappa shape index (κ3) is 3.13. The maximum Gasteiger partial charge on any atom is 0.160 e. The third-order valence-corrected chi connectivity index (χ3v) is 2.48. The number of likely N-dealkylation sites (N-methyl/N-ethyl adjacent to an activating group) is 1. The lowest BCUT2D eigenvalue weighted by Gasteiger charge is -2.12. The summed E-state index contributed by atoms with van der Waals surface area (Å²) in [7, 11) is 5.27. The number of benzene rings is 1. The minimum atomic E-state index is 0.461. The SMILES string of the molecule is CN[C@H](C)Cc1ccc(OC)c(OC)c1. The normalized spacial score (nSPS) is 12.3. The monoisotopic (exact) mass is 209 g/mol. The average Bonchev–Trinajstić information content (AvgIpc) is 2.28. The number of hydrogen-bond acceptors (Lipinski definition) is 3. The zero-order valence-electron chi connectivity index (χ0n) is 9.83. The van der Waals surface area contributed by atoms with Crippen LogP contribution >= 0.6 is 0 Å². The van der Waals surface area contributed by atoms with Crippen LogP contribution in [0.4, 0.5) is 0 Å². The van der Waals surface area contributed by atoms with Gasteiger partial charge >= 0.3 is 0 Å². The van der Waals surface area contributed by atoms with Gasteiger partial charge in [0.1, 0.15) is 0 Å². The van der Waals surface area contributed by atoms with Gasteiger partial charge in [-0.2, -0.15) is 0 Å². The van der Waals surface area contributed by atoms with Gasteiger partial charge in [0.15, 0.2) is 11.5 Å². The number of methoxy groups -OCH3 is 2. The van der Waals surface area contributed by atoms with Gasteiger partial charge < -0.3 is 14.8 Å². The largest absolute Gasteiger partial charge is 0.493 e. The summed E-state index contributed by atoms with van der Waals surface area (Å²) in [6, 6.07) is 6.49. The van der Waals surface area contributed by atoms with E-state index in [2.05, 4.69) is 18.3 Å². The molecule has 0 aromatic heterocycles. The third-order valence-electron chi connectivity index (χ3n) is 2.48. The van der Waals surface area contributed by atoms with E-state index in [1.165, 1.54) is 5.56 Å². The summed E-state index contributed by atoms with van der Waals surface area (Å²) in [6.07, 6.45) is 0.983. The van der Waals surface area contributed by atoms with Crippen molar-refractivity contribution in [3.63, 3.8) is 0 Å². The molecule has 0 aliphatic carbocycles. The first-order valence-corrected chi connectivity index (χ1v) is 5.09. The summed E-state index contributed by atoms with van der Waals surface area (Å²) in [5.74, 6) is 1.57. The number of ether oxygens (including phenoxy) is 2. The van der Waals surface area contributed by atoms with Crippen LogP contribution < -0.4 is 14.8 Å². The van der Waals surface area contributed by atoms with Crippen LogP contribution in [0.5, 0.6) is 11.5 Å². The summed E-state index contributed by atoms with van der Waals surface area (Å²) >= 11 is 0. The molecule has 0 unspecified atom stereocenters. The van der Waals surface area contributed by atoms with E-state index >= 15 is 0 Å². The second-order valence-corrected chi connectivity index (χ2v) is 3.58. The summed E-state index contributed by atoms with van der Waals surface area (Å²) in [4.78, 5) is 0. The Morgan fingerprint density at radius 1 is 1.20 bits per heavy atom.